The van der Waals surface area contributed by atoms with Crippen LogP contribution in [0.2, 0.25) is 0 Å². The summed E-state index contributed by atoms with van der Waals surface area (Å²) in [5.74, 6) is -0.495. The van der Waals surface area contributed by atoms with Gasteiger partial charge in [0.1, 0.15) is 0 Å². The highest BCUT2D eigenvalue weighted by atomic mass is 127. The molecule has 2 rings (SSSR count). The van der Waals surface area contributed by atoms with Crippen molar-refractivity contribution in [1.82, 2.24) is 5.43 Å². The van der Waals surface area contributed by atoms with E-state index < -0.39 is 10.8 Å². The molecule has 0 aliphatic carbocycles. The molecule has 0 aliphatic heterocycles. The van der Waals surface area contributed by atoms with E-state index in [9.17, 15) is 14.9 Å². The Bertz CT molecular complexity index is 759. The minimum absolute atomic E-state index is 0.0887. The maximum absolute atomic E-state index is 12.0. The third-order valence-electron chi connectivity index (χ3n) is 2.94. The molecule has 0 saturated heterocycles. The summed E-state index contributed by atoms with van der Waals surface area (Å²) in [6, 6.07) is 11.9. The maximum atomic E-state index is 12.0. The number of amides is 1. The summed E-state index contributed by atoms with van der Waals surface area (Å²) in [4.78, 5) is 22.3. The van der Waals surface area contributed by atoms with Gasteiger partial charge in [-0.05, 0) is 41.6 Å². The molecule has 0 bridgehead atoms. The second-order valence-electron chi connectivity index (χ2n) is 4.48. The van der Waals surface area contributed by atoms with Gasteiger partial charge in [-0.3, -0.25) is 14.9 Å². The van der Waals surface area contributed by atoms with Gasteiger partial charge in [0.05, 0.1) is 11.1 Å². The van der Waals surface area contributed by atoms with Crippen molar-refractivity contribution in [2.45, 2.75) is 6.92 Å². The lowest BCUT2D eigenvalue weighted by molar-refractivity contribution is -0.385. The van der Waals surface area contributed by atoms with Crippen LogP contribution in [0.4, 0.5) is 5.69 Å². The Morgan fingerprint density at radius 2 is 2.05 bits per heavy atom. The van der Waals surface area contributed by atoms with Crippen LogP contribution in [0.25, 0.3) is 0 Å². The number of nitro benzene ring substituents is 1. The number of carbonyl (C=O) groups is 1. The molecular weight excluding hydrogens is 397 g/mol. The molecule has 2 aromatic rings. The Balaban J connectivity index is 2.12. The van der Waals surface area contributed by atoms with Crippen LogP contribution in [0, 0.1) is 20.6 Å². The number of benzene rings is 2. The summed E-state index contributed by atoms with van der Waals surface area (Å²) < 4.78 is 1.00. The first-order valence-electron chi connectivity index (χ1n) is 6.32. The average Bonchev–Trinajstić information content (AvgIpc) is 2.49. The molecule has 6 nitrogen and oxygen atoms in total. The number of nitrogens with one attached hydrogen (secondary N) is 1. The molecule has 0 aromatic heterocycles. The van der Waals surface area contributed by atoms with Crippen LogP contribution in [0.3, 0.4) is 0 Å². The van der Waals surface area contributed by atoms with Crippen molar-refractivity contribution < 1.29 is 9.72 Å². The lowest BCUT2D eigenvalue weighted by Gasteiger charge is -2.02. The number of nitrogens with zero attached hydrogens (tertiary/aromatic N) is 2. The largest absolute Gasteiger partial charge is 0.273 e. The Hall–Kier alpha value is -2.29. The first-order chi connectivity index (χ1) is 10.5. The molecule has 2 aromatic carbocycles. The molecule has 0 fully saturated rings. The number of halogens is 1. The van der Waals surface area contributed by atoms with Gasteiger partial charge in [-0.15, -0.1) is 0 Å². The van der Waals surface area contributed by atoms with Crippen LogP contribution in [0.1, 0.15) is 21.5 Å². The molecule has 0 radical (unpaired) electrons. The fourth-order valence-corrected chi connectivity index (χ4v) is 2.28. The Labute approximate surface area is 140 Å². The van der Waals surface area contributed by atoms with Crippen LogP contribution in [0.15, 0.2) is 47.6 Å². The number of nitro groups is 1. The number of aryl methyl sites for hydroxylation is 1. The monoisotopic (exact) mass is 409 g/mol. The predicted octanol–water partition coefficient (Wildman–Crippen LogP) is 3.27. The summed E-state index contributed by atoms with van der Waals surface area (Å²) in [7, 11) is 0. The van der Waals surface area contributed by atoms with Crippen molar-refractivity contribution in [3.63, 3.8) is 0 Å². The van der Waals surface area contributed by atoms with Gasteiger partial charge in [0.25, 0.3) is 11.6 Å². The van der Waals surface area contributed by atoms with E-state index in [-0.39, 0.29) is 11.3 Å². The van der Waals surface area contributed by atoms with Crippen molar-refractivity contribution in [1.29, 1.82) is 0 Å². The fourth-order valence-electron chi connectivity index (χ4n) is 1.75. The van der Waals surface area contributed by atoms with Crippen LogP contribution in [-0.2, 0) is 0 Å². The molecular formula is C15H12IN3O3. The van der Waals surface area contributed by atoms with Crippen LogP contribution in [-0.4, -0.2) is 17.0 Å². The third kappa shape index (κ3) is 3.88. The van der Waals surface area contributed by atoms with Gasteiger partial charge in [0.15, 0.2) is 0 Å². The van der Waals surface area contributed by atoms with E-state index in [4.69, 9.17) is 0 Å². The van der Waals surface area contributed by atoms with Crippen molar-refractivity contribution in [3.8, 4) is 0 Å². The van der Waals surface area contributed by atoms with E-state index in [1.165, 1.54) is 24.4 Å². The average molecular weight is 409 g/mol. The minimum atomic E-state index is -0.512. The maximum Gasteiger partial charge on any atom is 0.273 e. The minimum Gasteiger partial charge on any atom is -0.267 e. The van der Waals surface area contributed by atoms with Gasteiger partial charge in [-0.25, -0.2) is 5.43 Å². The standard InChI is InChI=1S/C15H12IN3O3/c1-10-6-7-11(8-14(10)19(21)22)15(20)18-17-9-12-4-2-3-5-13(12)16/h2-9H,1H3,(H,18,20). The van der Waals surface area contributed by atoms with E-state index >= 15 is 0 Å². The quantitative estimate of drug-likeness (QED) is 0.364. The van der Waals surface area contributed by atoms with E-state index in [1.807, 2.05) is 24.3 Å². The number of hydrogen-bond donors (Lipinski definition) is 1. The Morgan fingerprint density at radius 1 is 1.32 bits per heavy atom. The normalized spacial score (nSPS) is 10.6. The molecule has 0 spiro atoms. The molecule has 0 atom stereocenters. The molecule has 1 amide bonds. The van der Waals surface area contributed by atoms with Gasteiger partial charge >= 0.3 is 0 Å². The predicted molar refractivity (Wildman–Crippen MR) is 92.1 cm³/mol. The van der Waals surface area contributed by atoms with Crippen molar-refractivity contribution >= 4 is 40.4 Å². The van der Waals surface area contributed by atoms with Gasteiger partial charge in [-0.1, -0.05) is 24.3 Å². The Morgan fingerprint density at radius 3 is 2.73 bits per heavy atom. The molecule has 0 aliphatic rings. The van der Waals surface area contributed by atoms with Gasteiger partial charge in [-0.2, -0.15) is 5.10 Å². The zero-order valence-corrected chi connectivity index (χ0v) is 13.8. The zero-order valence-electron chi connectivity index (χ0n) is 11.6. The highest BCUT2D eigenvalue weighted by molar-refractivity contribution is 14.1. The first-order valence-corrected chi connectivity index (χ1v) is 7.40. The van der Waals surface area contributed by atoms with Crippen LogP contribution in [0.5, 0.6) is 0 Å². The molecule has 1 N–H and O–H groups in total. The highest BCUT2D eigenvalue weighted by Crippen LogP contribution is 2.19. The summed E-state index contributed by atoms with van der Waals surface area (Å²) in [5, 5.41) is 14.8. The summed E-state index contributed by atoms with van der Waals surface area (Å²) in [6.07, 6.45) is 1.53. The Kier molecular flexibility index (Phi) is 5.21. The highest BCUT2D eigenvalue weighted by Gasteiger charge is 2.14. The lowest BCUT2D eigenvalue weighted by Crippen LogP contribution is -2.18. The van der Waals surface area contributed by atoms with Gasteiger partial charge in [0, 0.05) is 26.3 Å². The van der Waals surface area contributed by atoms with Crippen molar-refractivity contribution in [2.75, 3.05) is 0 Å². The molecule has 0 heterocycles. The second kappa shape index (κ2) is 7.12. The van der Waals surface area contributed by atoms with E-state index in [2.05, 4.69) is 33.1 Å². The second-order valence-corrected chi connectivity index (χ2v) is 5.64. The third-order valence-corrected chi connectivity index (χ3v) is 3.93. The van der Waals surface area contributed by atoms with Gasteiger partial charge < -0.3 is 0 Å². The molecule has 7 heteroatoms. The van der Waals surface area contributed by atoms with Crippen LogP contribution < -0.4 is 5.43 Å². The molecule has 0 unspecified atom stereocenters. The van der Waals surface area contributed by atoms with Gasteiger partial charge in [0.2, 0.25) is 0 Å². The summed E-state index contributed by atoms with van der Waals surface area (Å²) in [5.41, 5.74) is 3.85. The number of hydrogen-bond acceptors (Lipinski definition) is 4. The van der Waals surface area contributed by atoms with Crippen LogP contribution >= 0.6 is 22.6 Å². The van der Waals surface area contributed by atoms with E-state index in [0.717, 1.165) is 9.13 Å². The number of carbonyl (C=O) groups excluding carboxylic acids is 1. The smallest absolute Gasteiger partial charge is 0.267 e. The lowest BCUT2D eigenvalue weighted by atomic mass is 10.1. The topological polar surface area (TPSA) is 84.6 Å². The zero-order chi connectivity index (χ0) is 16.1. The van der Waals surface area contributed by atoms with Crippen molar-refractivity contribution in [2.24, 2.45) is 5.10 Å². The fraction of sp³-hybridized carbons (Fsp3) is 0.0667. The van der Waals surface area contributed by atoms with E-state index in [1.54, 1.807) is 6.92 Å². The SMILES string of the molecule is Cc1ccc(C(=O)NN=Cc2ccccc2I)cc1[N+](=O)[O-]. The van der Waals surface area contributed by atoms with Crippen molar-refractivity contribution in [3.05, 3.63) is 72.8 Å². The number of hydrazone groups is 1. The summed E-state index contributed by atoms with van der Waals surface area (Å²) >= 11 is 2.17. The molecule has 112 valence electrons. The summed E-state index contributed by atoms with van der Waals surface area (Å²) in [6.45, 7) is 1.62. The molecule has 0 saturated carbocycles. The molecule has 22 heavy (non-hydrogen) atoms. The van der Waals surface area contributed by atoms with E-state index in [0.29, 0.717) is 5.56 Å². The number of rotatable bonds is 4. The first kappa shape index (κ1) is 16.1.